The smallest absolute Gasteiger partial charge is 0.196 e. The Balaban J connectivity index is 1.94. The van der Waals surface area contributed by atoms with Crippen LogP contribution in [0.25, 0.3) is 0 Å². The van der Waals surface area contributed by atoms with Crippen LogP contribution in [0.3, 0.4) is 0 Å². The van der Waals surface area contributed by atoms with E-state index >= 15 is 0 Å². The summed E-state index contributed by atoms with van der Waals surface area (Å²) in [6, 6.07) is 14.2. The van der Waals surface area contributed by atoms with E-state index in [1.165, 1.54) is 12.1 Å². The summed E-state index contributed by atoms with van der Waals surface area (Å²) in [6.07, 6.45) is 0.950. The lowest BCUT2D eigenvalue weighted by molar-refractivity contribution is 0.0699. The van der Waals surface area contributed by atoms with Gasteiger partial charge in [-0.1, -0.05) is 12.1 Å². The van der Waals surface area contributed by atoms with Crippen LogP contribution in [0.4, 0.5) is 10.1 Å². The minimum atomic E-state index is -0.265. The van der Waals surface area contributed by atoms with Crippen molar-refractivity contribution in [2.75, 3.05) is 38.8 Å². The van der Waals surface area contributed by atoms with E-state index < -0.39 is 0 Å². The number of aliphatic imine (C=N–C) groups is 1. The number of ether oxygens (including phenoxy) is 3. The molecule has 6 nitrogen and oxygen atoms in total. The summed E-state index contributed by atoms with van der Waals surface area (Å²) in [7, 11) is 1.65. The van der Waals surface area contributed by atoms with Crippen molar-refractivity contribution in [1.82, 2.24) is 5.32 Å². The second-order valence-corrected chi connectivity index (χ2v) is 7.00. The van der Waals surface area contributed by atoms with Crippen molar-refractivity contribution in [2.24, 2.45) is 4.99 Å². The van der Waals surface area contributed by atoms with E-state index in [0.717, 1.165) is 23.4 Å². The molecule has 2 N–H and O–H groups in total. The fraction of sp³-hybridized carbons (Fsp3) is 0.435. The van der Waals surface area contributed by atoms with E-state index in [2.05, 4.69) is 15.6 Å². The van der Waals surface area contributed by atoms with Gasteiger partial charge in [-0.2, -0.15) is 0 Å². The number of hydrogen-bond acceptors (Lipinski definition) is 4. The van der Waals surface area contributed by atoms with Crippen LogP contribution in [-0.4, -0.2) is 45.5 Å². The number of guanidine groups is 1. The molecule has 0 radical (unpaired) electrons. The highest BCUT2D eigenvalue weighted by atomic mass is 19.1. The Bertz CT molecular complexity index is 767. The van der Waals surface area contributed by atoms with Crippen LogP contribution in [0, 0.1) is 5.82 Å². The SMILES string of the molecule is COCCOCCCNC(=NCc1cccc(F)c1)Nc1ccc(OC(C)C)cc1. The Hall–Kier alpha value is -2.64. The molecule has 0 saturated carbocycles. The first-order valence-electron chi connectivity index (χ1n) is 10.2. The zero-order chi connectivity index (χ0) is 21.6. The number of nitrogens with zero attached hydrogens (tertiary/aromatic N) is 1. The predicted octanol–water partition coefficient (Wildman–Crippen LogP) is 4.22. The minimum absolute atomic E-state index is 0.125. The molecule has 0 aliphatic rings. The van der Waals surface area contributed by atoms with Gasteiger partial charge in [-0.25, -0.2) is 9.38 Å². The number of rotatable bonds is 12. The first-order valence-corrected chi connectivity index (χ1v) is 10.2. The van der Waals surface area contributed by atoms with Crippen LogP contribution >= 0.6 is 0 Å². The first-order chi connectivity index (χ1) is 14.6. The van der Waals surface area contributed by atoms with Gasteiger partial charge in [0.15, 0.2) is 5.96 Å². The molecule has 0 aromatic heterocycles. The van der Waals surface area contributed by atoms with E-state index in [1.807, 2.05) is 44.2 Å². The Morgan fingerprint density at radius 2 is 1.87 bits per heavy atom. The number of halogens is 1. The lowest BCUT2D eigenvalue weighted by atomic mass is 10.2. The standard InChI is InChI=1S/C23H32FN3O3/c1-18(2)30-22-10-8-21(9-11-22)27-23(25-12-5-13-29-15-14-28-3)26-17-19-6-4-7-20(24)16-19/h4,6-11,16,18H,5,12-15,17H2,1-3H3,(H2,25,26,27). The third-order valence-corrected chi connectivity index (χ3v) is 3.99. The van der Waals surface area contributed by atoms with Gasteiger partial charge in [-0.3, -0.25) is 0 Å². The monoisotopic (exact) mass is 417 g/mol. The van der Waals surface area contributed by atoms with Gasteiger partial charge in [0.2, 0.25) is 0 Å². The number of nitrogens with one attached hydrogen (secondary N) is 2. The van der Waals surface area contributed by atoms with Crippen molar-refractivity contribution >= 4 is 11.6 Å². The van der Waals surface area contributed by atoms with Crippen LogP contribution in [0.5, 0.6) is 5.75 Å². The van der Waals surface area contributed by atoms with Crippen molar-refractivity contribution in [3.05, 3.63) is 59.9 Å². The molecule has 0 heterocycles. The van der Waals surface area contributed by atoms with Gasteiger partial charge in [0, 0.05) is 25.9 Å². The molecule has 30 heavy (non-hydrogen) atoms. The average molecular weight is 418 g/mol. The fourth-order valence-electron chi connectivity index (χ4n) is 2.60. The van der Waals surface area contributed by atoms with Crippen molar-refractivity contribution in [3.8, 4) is 5.75 Å². The maximum absolute atomic E-state index is 13.4. The molecule has 164 valence electrons. The van der Waals surface area contributed by atoms with Crippen LogP contribution in [0.2, 0.25) is 0 Å². The number of benzene rings is 2. The number of methoxy groups -OCH3 is 1. The van der Waals surface area contributed by atoms with E-state index in [9.17, 15) is 4.39 Å². The van der Waals surface area contributed by atoms with Crippen molar-refractivity contribution in [1.29, 1.82) is 0 Å². The Labute approximate surface area is 178 Å². The topological polar surface area (TPSA) is 64.1 Å². The molecular formula is C23H32FN3O3. The van der Waals surface area contributed by atoms with E-state index in [1.54, 1.807) is 13.2 Å². The predicted molar refractivity (Wildman–Crippen MR) is 119 cm³/mol. The molecular weight excluding hydrogens is 385 g/mol. The van der Waals surface area contributed by atoms with E-state index in [-0.39, 0.29) is 11.9 Å². The molecule has 7 heteroatoms. The second kappa shape index (κ2) is 13.6. The van der Waals surface area contributed by atoms with Gasteiger partial charge in [-0.15, -0.1) is 0 Å². The highest BCUT2D eigenvalue weighted by Crippen LogP contribution is 2.17. The average Bonchev–Trinajstić information content (AvgIpc) is 2.72. The van der Waals surface area contributed by atoms with Crippen molar-refractivity contribution in [3.63, 3.8) is 0 Å². The highest BCUT2D eigenvalue weighted by Gasteiger charge is 2.03. The Morgan fingerprint density at radius 1 is 1.07 bits per heavy atom. The normalized spacial score (nSPS) is 11.6. The second-order valence-electron chi connectivity index (χ2n) is 7.00. The zero-order valence-electron chi connectivity index (χ0n) is 18.0. The van der Waals surface area contributed by atoms with Crippen LogP contribution in [0.15, 0.2) is 53.5 Å². The minimum Gasteiger partial charge on any atom is -0.491 e. The van der Waals surface area contributed by atoms with Crippen molar-refractivity contribution in [2.45, 2.75) is 32.9 Å². The quantitative estimate of drug-likeness (QED) is 0.308. The lowest BCUT2D eigenvalue weighted by Crippen LogP contribution is -2.32. The molecule has 0 amide bonds. The molecule has 0 bridgehead atoms. The van der Waals surface area contributed by atoms with Crippen LogP contribution < -0.4 is 15.4 Å². The third-order valence-electron chi connectivity index (χ3n) is 3.99. The summed E-state index contributed by atoms with van der Waals surface area (Å²) >= 11 is 0. The van der Waals surface area contributed by atoms with E-state index in [0.29, 0.717) is 38.9 Å². The maximum atomic E-state index is 13.4. The van der Waals surface area contributed by atoms with E-state index in [4.69, 9.17) is 14.2 Å². The summed E-state index contributed by atoms with van der Waals surface area (Å²) < 4.78 is 29.5. The van der Waals surface area contributed by atoms with Gasteiger partial charge < -0.3 is 24.8 Å². The molecule has 0 atom stereocenters. The van der Waals surface area contributed by atoms with Crippen molar-refractivity contribution < 1.29 is 18.6 Å². The van der Waals surface area contributed by atoms with Crippen LogP contribution in [0.1, 0.15) is 25.8 Å². The van der Waals surface area contributed by atoms with Gasteiger partial charge in [0.05, 0.1) is 25.9 Å². The zero-order valence-corrected chi connectivity index (χ0v) is 18.0. The largest absolute Gasteiger partial charge is 0.491 e. The maximum Gasteiger partial charge on any atom is 0.196 e. The van der Waals surface area contributed by atoms with Gasteiger partial charge in [0.25, 0.3) is 0 Å². The Kier molecular flexibility index (Phi) is 10.7. The first kappa shape index (κ1) is 23.6. The molecule has 0 aliphatic heterocycles. The summed E-state index contributed by atoms with van der Waals surface area (Å²) in [5.74, 6) is 1.17. The molecule has 0 saturated heterocycles. The third kappa shape index (κ3) is 9.71. The number of anilines is 1. The lowest BCUT2D eigenvalue weighted by Gasteiger charge is -2.14. The molecule has 0 unspecified atom stereocenters. The summed E-state index contributed by atoms with van der Waals surface area (Å²) in [6.45, 7) is 6.85. The molecule has 2 rings (SSSR count). The highest BCUT2D eigenvalue weighted by molar-refractivity contribution is 5.93. The summed E-state index contributed by atoms with van der Waals surface area (Å²) in [5, 5.41) is 6.58. The molecule has 0 spiro atoms. The molecule has 0 fully saturated rings. The summed E-state index contributed by atoms with van der Waals surface area (Å²) in [4.78, 5) is 4.58. The Morgan fingerprint density at radius 3 is 2.57 bits per heavy atom. The van der Waals surface area contributed by atoms with Gasteiger partial charge in [-0.05, 0) is 62.2 Å². The van der Waals surface area contributed by atoms with Gasteiger partial charge in [0.1, 0.15) is 11.6 Å². The van der Waals surface area contributed by atoms with Gasteiger partial charge >= 0.3 is 0 Å². The fourth-order valence-corrected chi connectivity index (χ4v) is 2.60. The molecule has 2 aromatic carbocycles. The van der Waals surface area contributed by atoms with Crippen LogP contribution in [-0.2, 0) is 16.0 Å². The molecule has 2 aromatic rings. The number of hydrogen-bond donors (Lipinski definition) is 2. The molecule has 0 aliphatic carbocycles. The summed E-state index contributed by atoms with van der Waals surface area (Å²) in [5.41, 5.74) is 1.69.